The molecule has 3 N–H and O–H groups in total. The van der Waals surface area contributed by atoms with Gasteiger partial charge < -0.3 is 24.8 Å². The summed E-state index contributed by atoms with van der Waals surface area (Å²) in [5, 5.41) is 28.3. The Bertz CT molecular complexity index is 269. The molecule has 0 amide bonds. The largest absolute Gasteiger partial charge is 0.394 e. The van der Waals surface area contributed by atoms with E-state index in [1.807, 2.05) is 0 Å². The Balaban J connectivity index is 2.19. The molecule has 5 nitrogen and oxygen atoms in total. The van der Waals surface area contributed by atoms with Gasteiger partial charge in [-0.3, -0.25) is 0 Å². The van der Waals surface area contributed by atoms with Crippen molar-refractivity contribution < 1.29 is 24.8 Å². The quantitative estimate of drug-likeness (QED) is 0.413. The lowest BCUT2D eigenvalue weighted by Crippen LogP contribution is -2.42. The fourth-order valence-electron chi connectivity index (χ4n) is 2.28. The second kappa shape index (κ2) is 10.3. The van der Waals surface area contributed by atoms with E-state index in [-0.39, 0.29) is 6.61 Å². The molecule has 1 fully saturated rings. The smallest absolute Gasteiger partial charge is 0.114 e. The molecule has 20 heavy (non-hydrogen) atoms. The van der Waals surface area contributed by atoms with Crippen LogP contribution in [0.2, 0.25) is 0 Å². The monoisotopic (exact) mass is 288 g/mol. The zero-order valence-corrected chi connectivity index (χ0v) is 12.3. The van der Waals surface area contributed by atoms with Crippen LogP contribution in [0.5, 0.6) is 0 Å². The summed E-state index contributed by atoms with van der Waals surface area (Å²) in [5.74, 6) is 0. The molecule has 0 spiro atoms. The second-order valence-electron chi connectivity index (χ2n) is 5.21. The highest BCUT2D eigenvalue weighted by Crippen LogP contribution is 2.21. The van der Waals surface area contributed by atoms with Gasteiger partial charge >= 0.3 is 0 Å². The van der Waals surface area contributed by atoms with Crippen molar-refractivity contribution in [2.24, 2.45) is 0 Å². The average molecular weight is 288 g/mol. The maximum atomic E-state index is 9.74. The number of rotatable bonds is 10. The maximum absolute atomic E-state index is 9.74. The van der Waals surface area contributed by atoms with Crippen molar-refractivity contribution >= 4 is 0 Å². The third-order valence-electron chi connectivity index (χ3n) is 3.46. The standard InChI is InChI=1S/C15H28O5/c1-2-3-4-5-6-7-8-9-19-15-13(18)11-20-14(15)12(17)10-16/h6-7,12-18H,2-5,8-11H2,1H3/b7-6+/t12-,13+,14+,15+/m0/s1. The van der Waals surface area contributed by atoms with E-state index >= 15 is 0 Å². The first kappa shape index (κ1) is 17.6. The molecule has 5 heteroatoms. The Kier molecular flexibility index (Phi) is 9.05. The lowest BCUT2D eigenvalue weighted by Gasteiger charge is -2.23. The van der Waals surface area contributed by atoms with E-state index in [2.05, 4.69) is 19.1 Å². The average Bonchev–Trinajstić information content (AvgIpc) is 2.82. The topological polar surface area (TPSA) is 79.2 Å². The first-order valence-electron chi connectivity index (χ1n) is 7.55. The number of allylic oxidation sites excluding steroid dienone is 1. The van der Waals surface area contributed by atoms with Crippen LogP contribution in [0.3, 0.4) is 0 Å². The summed E-state index contributed by atoms with van der Waals surface area (Å²) < 4.78 is 10.8. The van der Waals surface area contributed by atoms with Gasteiger partial charge in [-0.1, -0.05) is 31.9 Å². The van der Waals surface area contributed by atoms with E-state index in [9.17, 15) is 10.2 Å². The Labute approximate surface area is 121 Å². The molecule has 1 heterocycles. The van der Waals surface area contributed by atoms with Gasteiger partial charge in [0.15, 0.2) is 0 Å². The molecular weight excluding hydrogens is 260 g/mol. The minimum absolute atomic E-state index is 0.138. The van der Waals surface area contributed by atoms with Crippen LogP contribution in [0.4, 0.5) is 0 Å². The summed E-state index contributed by atoms with van der Waals surface area (Å²) in [5.41, 5.74) is 0. The first-order chi connectivity index (χ1) is 9.70. The van der Waals surface area contributed by atoms with Crippen LogP contribution in [0.1, 0.15) is 39.0 Å². The van der Waals surface area contributed by atoms with Crippen LogP contribution in [0, 0.1) is 0 Å². The molecule has 0 aromatic heterocycles. The van der Waals surface area contributed by atoms with Gasteiger partial charge in [-0.05, 0) is 19.3 Å². The van der Waals surface area contributed by atoms with Crippen molar-refractivity contribution in [2.75, 3.05) is 19.8 Å². The number of aliphatic hydroxyl groups is 3. The van der Waals surface area contributed by atoms with Gasteiger partial charge in [-0.2, -0.15) is 0 Å². The fourth-order valence-corrected chi connectivity index (χ4v) is 2.28. The molecule has 0 radical (unpaired) electrons. The highest BCUT2D eigenvalue weighted by Gasteiger charge is 2.40. The molecule has 1 aliphatic rings. The minimum Gasteiger partial charge on any atom is -0.394 e. The molecule has 0 saturated carbocycles. The molecule has 0 aromatic carbocycles. The summed E-state index contributed by atoms with van der Waals surface area (Å²) in [4.78, 5) is 0. The number of hydrogen-bond donors (Lipinski definition) is 3. The fraction of sp³-hybridized carbons (Fsp3) is 0.867. The zero-order valence-electron chi connectivity index (χ0n) is 12.3. The molecule has 0 aromatic rings. The highest BCUT2D eigenvalue weighted by molar-refractivity contribution is 4.89. The number of unbranched alkanes of at least 4 members (excludes halogenated alkanes) is 3. The molecule has 0 bridgehead atoms. The van der Waals surface area contributed by atoms with E-state index in [0.717, 1.165) is 12.8 Å². The van der Waals surface area contributed by atoms with Gasteiger partial charge in [-0.25, -0.2) is 0 Å². The molecule has 0 aliphatic carbocycles. The van der Waals surface area contributed by atoms with Crippen LogP contribution in [0.15, 0.2) is 12.2 Å². The zero-order chi connectivity index (χ0) is 14.8. The van der Waals surface area contributed by atoms with Gasteiger partial charge in [0.05, 0.1) is 19.8 Å². The summed E-state index contributed by atoms with van der Waals surface area (Å²) in [6, 6.07) is 0. The SMILES string of the molecule is CCCCC/C=C/CCO[C@H]1[C@@H]([C@@H](O)CO)OC[C@H]1O. The van der Waals surface area contributed by atoms with Crippen LogP contribution in [-0.4, -0.2) is 59.6 Å². The second-order valence-corrected chi connectivity index (χ2v) is 5.21. The van der Waals surface area contributed by atoms with E-state index in [4.69, 9.17) is 14.6 Å². The lowest BCUT2D eigenvalue weighted by molar-refractivity contribution is -0.0924. The molecule has 4 atom stereocenters. The predicted octanol–water partition coefficient (Wildman–Crippen LogP) is 1.01. The molecule has 1 saturated heterocycles. The predicted molar refractivity (Wildman–Crippen MR) is 76.5 cm³/mol. The Hall–Kier alpha value is -0.460. The summed E-state index contributed by atoms with van der Waals surface area (Å²) in [6.07, 6.45) is 6.83. The van der Waals surface area contributed by atoms with Crippen molar-refractivity contribution in [3.63, 3.8) is 0 Å². The van der Waals surface area contributed by atoms with Gasteiger partial charge in [0.2, 0.25) is 0 Å². The van der Waals surface area contributed by atoms with E-state index in [1.165, 1.54) is 19.3 Å². The summed E-state index contributed by atoms with van der Waals surface area (Å²) in [7, 11) is 0. The van der Waals surface area contributed by atoms with Crippen LogP contribution in [0.25, 0.3) is 0 Å². The van der Waals surface area contributed by atoms with Gasteiger partial charge in [-0.15, -0.1) is 0 Å². The lowest BCUT2D eigenvalue weighted by atomic mass is 10.1. The normalized spacial score (nSPS) is 28.3. The first-order valence-corrected chi connectivity index (χ1v) is 7.55. The Morgan fingerprint density at radius 2 is 2.05 bits per heavy atom. The number of ether oxygens (including phenoxy) is 2. The van der Waals surface area contributed by atoms with Crippen molar-refractivity contribution in [1.29, 1.82) is 0 Å². The Morgan fingerprint density at radius 3 is 2.75 bits per heavy atom. The van der Waals surface area contributed by atoms with E-state index in [0.29, 0.717) is 6.61 Å². The van der Waals surface area contributed by atoms with Crippen LogP contribution < -0.4 is 0 Å². The van der Waals surface area contributed by atoms with Crippen LogP contribution >= 0.6 is 0 Å². The van der Waals surface area contributed by atoms with Crippen molar-refractivity contribution in [1.82, 2.24) is 0 Å². The van der Waals surface area contributed by atoms with Gasteiger partial charge in [0.25, 0.3) is 0 Å². The number of hydrogen-bond acceptors (Lipinski definition) is 5. The Morgan fingerprint density at radius 1 is 1.30 bits per heavy atom. The van der Waals surface area contributed by atoms with Gasteiger partial charge in [0.1, 0.15) is 24.4 Å². The van der Waals surface area contributed by atoms with E-state index < -0.39 is 31.0 Å². The highest BCUT2D eigenvalue weighted by atomic mass is 16.6. The van der Waals surface area contributed by atoms with Crippen molar-refractivity contribution in [3.8, 4) is 0 Å². The summed E-state index contributed by atoms with van der Waals surface area (Å²) >= 11 is 0. The molecule has 0 unspecified atom stereocenters. The maximum Gasteiger partial charge on any atom is 0.114 e. The van der Waals surface area contributed by atoms with Crippen LogP contribution in [-0.2, 0) is 9.47 Å². The minimum atomic E-state index is -1.01. The summed E-state index contributed by atoms with van der Waals surface area (Å²) in [6.45, 7) is 2.40. The van der Waals surface area contributed by atoms with Crippen molar-refractivity contribution in [2.45, 2.75) is 63.4 Å². The third kappa shape index (κ3) is 5.89. The third-order valence-corrected chi connectivity index (χ3v) is 3.46. The van der Waals surface area contributed by atoms with Gasteiger partial charge in [0, 0.05) is 0 Å². The molecule has 1 rings (SSSR count). The molecule has 118 valence electrons. The molecule has 1 aliphatic heterocycles. The molecular formula is C15H28O5. The number of aliphatic hydroxyl groups excluding tert-OH is 3. The van der Waals surface area contributed by atoms with E-state index in [1.54, 1.807) is 0 Å². The van der Waals surface area contributed by atoms with Crippen molar-refractivity contribution in [3.05, 3.63) is 12.2 Å².